The monoisotopic (exact) mass is 139 g/mol. The molecule has 1 unspecified atom stereocenters. The average molecular weight is 139 g/mol. The summed E-state index contributed by atoms with van der Waals surface area (Å²) in [5, 5.41) is 2.83. The van der Waals surface area contributed by atoms with Gasteiger partial charge in [0.15, 0.2) is 0 Å². The van der Waals surface area contributed by atoms with Crippen LogP contribution in [-0.4, -0.2) is 18.8 Å². The Morgan fingerprint density at radius 3 is 3.00 bits per heavy atom. The van der Waals surface area contributed by atoms with Gasteiger partial charge in [-0.2, -0.15) is 0 Å². The standard InChI is InChI=1S/C7H9NO2/c9-4-6-2-1-3-8-7(6)5-10/h4,6,8H,1-3H2. The number of nitrogens with one attached hydrogen (secondary N) is 1. The molecule has 1 rings (SSSR count). The van der Waals surface area contributed by atoms with Crippen LogP contribution < -0.4 is 5.32 Å². The largest absolute Gasteiger partial charge is 0.379 e. The predicted molar refractivity (Wildman–Crippen MR) is 36.0 cm³/mol. The molecule has 1 atom stereocenters. The fourth-order valence-corrected chi connectivity index (χ4v) is 1.07. The van der Waals surface area contributed by atoms with Crippen molar-refractivity contribution in [2.75, 3.05) is 6.54 Å². The average Bonchev–Trinajstić information content (AvgIpc) is 2.04. The highest BCUT2D eigenvalue weighted by Crippen LogP contribution is 2.14. The Morgan fingerprint density at radius 1 is 1.70 bits per heavy atom. The second-order valence-corrected chi connectivity index (χ2v) is 2.33. The molecule has 10 heavy (non-hydrogen) atoms. The van der Waals surface area contributed by atoms with Crippen LogP contribution in [0.1, 0.15) is 12.8 Å². The molecular weight excluding hydrogens is 130 g/mol. The van der Waals surface area contributed by atoms with Gasteiger partial charge in [-0.05, 0) is 12.8 Å². The number of rotatable bonds is 1. The van der Waals surface area contributed by atoms with Crippen LogP contribution in [0.5, 0.6) is 0 Å². The lowest BCUT2D eigenvalue weighted by Gasteiger charge is -2.18. The molecule has 3 nitrogen and oxygen atoms in total. The molecule has 54 valence electrons. The van der Waals surface area contributed by atoms with Crippen molar-refractivity contribution < 1.29 is 9.59 Å². The van der Waals surface area contributed by atoms with Gasteiger partial charge >= 0.3 is 0 Å². The number of hydrogen-bond acceptors (Lipinski definition) is 3. The van der Waals surface area contributed by atoms with Crippen molar-refractivity contribution in [2.24, 2.45) is 5.92 Å². The maximum absolute atomic E-state index is 10.3. The Bertz CT molecular complexity index is 182. The van der Waals surface area contributed by atoms with E-state index in [4.69, 9.17) is 0 Å². The first-order chi connectivity index (χ1) is 4.88. The van der Waals surface area contributed by atoms with Crippen LogP contribution in [0.25, 0.3) is 0 Å². The molecule has 0 spiro atoms. The van der Waals surface area contributed by atoms with Crippen LogP contribution >= 0.6 is 0 Å². The lowest BCUT2D eigenvalue weighted by molar-refractivity contribution is -0.110. The number of carbonyl (C=O) groups excluding carboxylic acids is 2. The number of allylic oxidation sites excluding steroid dienone is 1. The van der Waals surface area contributed by atoms with E-state index < -0.39 is 0 Å². The normalized spacial score (nSPS) is 24.8. The highest BCUT2D eigenvalue weighted by atomic mass is 16.1. The molecule has 3 heteroatoms. The van der Waals surface area contributed by atoms with Crippen LogP contribution in [0.4, 0.5) is 0 Å². The first kappa shape index (κ1) is 7.03. The van der Waals surface area contributed by atoms with Gasteiger partial charge in [0.1, 0.15) is 17.9 Å². The van der Waals surface area contributed by atoms with Gasteiger partial charge in [0.25, 0.3) is 0 Å². The van der Waals surface area contributed by atoms with Crippen molar-refractivity contribution in [1.82, 2.24) is 5.32 Å². The summed E-state index contributed by atoms with van der Waals surface area (Å²) in [6.07, 6.45) is 2.53. The van der Waals surface area contributed by atoms with E-state index in [1.165, 1.54) is 0 Å². The van der Waals surface area contributed by atoms with Gasteiger partial charge in [0.05, 0.1) is 5.92 Å². The van der Waals surface area contributed by atoms with E-state index in [2.05, 4.69) is 5.32 Å². The Hall–Kier alpha value is -1.08. The predicted octanol–water partition coefficient (Wildman–Crippen LogP) is -0.0996. The third-order valence-electron chi connectivity index (χ3n) is 1.65. The van der Waals surface area contributed by atoms with E-state index in [-0.39, 0.29) is 5.92 Å². The summed E-state index contributed by atoms with van der Waals surface area (Å²) in [5.74, 6) is 1.50. The summed E-state index contributed by atoms with van der Waals surface area (Å²) in [4.78, 5) is 20.4. The van der Waals surface area contributed by atoms with Crippen molar-refractivity contribution in [3.8, 4) is 0 Å². The maximum atomic E-state index is 10.3. The summed E-state index contributed by atoms with van der Waals surface area (Å²) in [7, 11) is 0. The van der Waals surface area contributed by atoms with E-state index in [0.29, 0.717) is 5.70 Å². The van der Waals surface area contributed by atoms with Crippen molar-refractivity contribution in [1.29, 1.82) is 0 Å². The van der Waals surface area contributed by atoms with Gasteiger partial charge in [-0.3, -0.25) is 0 Å². The number of hydrogen-bond donors (Lipinski definition) is 1. The number of carbonyl (C=O) groups is 1. The fraction of sp³-hybridized carbons (Fsp3) is 0.571. The van der Waals surface area contributed by atoms with Crippen LogP contribution in [0.2, 0.25) is 0 Å². The zero-order valence-electron chi connectivity index (χ0n) is 5.59. The maximum Gasteiger partial charge on any atom is 0.146 e. The van der Waals surface area contributed by atoms with Gasteiger partial charge in [0, 0.05) is 6.54 Å². The second kappa shape index (κ2) is 3.18. The first-order valence-corrected chi connectivity index (χ1v) is 3.32. The number of piperidine rings is 1. The molecular formula is C7H9NO2. The van der Waals surface area contributed by atoms with Crippen LogP contribution in [-0.2, 0) is 9.59 Å². The van der Waals surface area contributed by atoms with E-state index in [9.17, 15) is 9.59 Å². The topological polar surface area (TPSA) is 46.2 Å². The Morgan fingerprint density at radius 2 is 2.50 bits per heavy atom. The molecule has 0 amide bonds. The van der Waals surface area contributed by atoms with E-state index >= 15 is 0 Å². The van der Waals surface area contributed by atoms with E-state index in [1.54, 1.807) is 5.94 Å². The van der Waals surface area contributed by atoms with Crippen LogP contribution in [0.3, 0.4) is 0 Å². The second-order valence-electron chi connectivity index (χ2n) is 2.33. The zero-order chi connectivity index (χ0) is 7.40. The molecule has 0 aromatic carbocycles. The SMILES string of the molecule is O=C=C1NCCCC1C=O. The first-order valence-electron chi connectivity index (χ1n) is 3.32. The summed E-state index contributed by atoms with van der Waals surface area (Å²) in [5.41, 5.74) is 0.418. The van der Waals surface area contributed by atoms with Crippen molar-refractivity contribution >= 4 is 12.2 Å². The Balaban J connectivity index is 2.68. The summed E-state index contributed by atoms with van der Waals surface area (Å²) in [6.45, 7) is 0.787. The molecule has 1 heterocycles. The zero-order valence-corrected chi connectivity index (χ0v) is 5.59. The lowest BCUT2D eigenvalue weighted by atomic mass is 9.98. The van der Waals surface area contributed by atoms with Crippen molar-refractivity contribution in [2.45, 2.75) is 12.8 Å². The molecule has 1 aliphatic rings. The van der Waals surface area contributed by atoms with E-state index in [1.807, 2.05) is 0 Å². The third kappa shape index (κ3) is 1.25. The highest BCUT2D eigenvalue weighted by Gasteiger charge is 2.17. The molecule has 1 N–H and O–H groups in total. The quantitative estimate of drug-likeness (QED) is 0.407. The minimum atomic E-state index is -0.230. The van der Waals surface area contributed by atoms with E-state index in [0.717, 1.165) is 25.7 Å². The Labute approximate surface area is 59.1 Å². The smallest absolute Gasteiger partial charge is 0.146 e. The molecule has 1 aliphatic heterocycles. The molecule has 0 aliphatic carbocycles. The lowest BCUT2D eigenvalue weighted by Crippen LogP contribution is -2.28. The summed E-state index contributed by atoms with van der Waals surface area (Å²) in [6, 6.07) is 0. The summed E-state index contributed by atoms with van der Waals surface area (Å²) < 4.78 is 0. The molecule has 0 radical (unpaired) electrons. The minimum Gasteiger partial charge on any atom is -0.379 e. The molecule has 0 bridgehead atoms. The number of aldehydes is 1. The third-order valence-corrected chi connectivity index (χ3v) is 1.65. The summed E-state index contributed by atoms with van der Waals surface area (Å²) >= 11 is 0. The minimum absolute atomic E-state index is 0.230. The van der Waals surface area contributed by atoms with Crippen molar-refractivity contribution in [3.05, 3.63) is 5.70 Å². The van der Waals surface area contributed by atoms with Gasteiger partial charge in [-0.15, -0.1) is 0 Å². The highest BCUT2D eigenvalue weighted by molar-refractivity contribution is 5.67. The fourth-order valence-electron chi connectivity index (χ4n) is 1.07. The molecule has 0 aromatic rings. The van der Waals surface area contributed by atoms with Crippen molar-refractivity contribution in [3.63, 3.8) is 0 Å². The molecule has 1 fully saturated rings. The Kier molecular flexibility index (Phi) is 2.24. The molecule has 0 aromatic heterocycles. The molecule has 0 saturated carbocycles. The van der Waals surface area contributed by atoms with Gasteiger partial charge < -0.3 is 10.1 Å². The van der Waals surface area contributed by atoms with Crippen LogP contribution in [0, 0.1) is 5.92 Å². The van der Waals surface area contributed by atoms with Crippen LogP contribution in [0.15, 0.2) is 5.70 Å². The van der Waals surface area contributed by atoms with Gasteiger partial charge in [-0.25, -0.2) is 4.79 Å². The van der Waals surface area contributed by atoms with Gasteiger partial charge in [0.2, 0.25) is 0 Å². The van der Waals surface area contributed by atoms with Gasteiger partial charge in [-0.1, -0.05) is 0 Å². The molecule has 1 saturated heterocycles.